The highest BCUT2D eigenvalue weighted by atomic mass is 19.3. The van der Waals surface area contributed by atoms with Crippen LogP contribution in [0.3, 0.4) is 0 Å². The Bertz CT molecular complexity index is 328. The largest absolute Gasteiger partial charge is 0.496 e. The van der Waals surface area contributed by atoms with Crippen molar-refractivity contribution in [3.63, 3.8) is 0 Å². The van der Waals surface area contributed by atoms with Gasteiger partial charge >= 0.3 is 0 Å². The number of halogens is 3. The molecule has 0 amide bonds. The zero-order valence-electron chi connectivity index (χ0n) is 7.56. The second kappa shape index (κ2) is 4.21. The van der Waals surface area contributed by atoms with Gasteiger partial charge in [0.05, 0.1) is 12.8 Å². The lowest BCUT2D eigenvalue weighted by atomic mass is 10.1. The second-order valence-electron chi connectivity index (χ2n) is 2.78. The molecule has 0 saturated carbocycles. The summed E-state index contributed by atoms with van der Waals surface area (Å²) >= 11 is 0. The summed E-state index contributed by atoms with van der Waals surface area (Å²) in [6.45, 7) is 0. The topological polar surface area (TPSA) is 35.2 Å². The Hall–Kier alpha value is -1.39. The van der Waals surface area contributed by atoms with Gasteiger partial charge in [-0.1, -0.05) is 0 Å². The van der Waals surface area contributed by atoms with E-state index in [1.54, 1.807) is 0 Å². The van der Waals surface area contributed by atoms with E-state index in [0.29, 0.717) is 0 Å². The summed E-state index contributed by atoms with van der Waals surface area (Å²) in [5, 5.41) is 0. The lowest BCUT2D eigenvalue weighted by Crippen LogP contribution is -2.02. The van der Waals surface area contributed by atoms with Crippen LogP contribution < -0.4 is 10.5 Å². The number of benzene rings is 1. The highest BCUT2D eigenvalue weighted by Crippen LogP contribution is 2.26. The quantitative estimate of drug-likeness (QED) is 0.768. The van der Waals surface area contributed by atoms with Crippen LogP contribution in [0.25, 0.3) is 0 Å². The molecule has 0 aliphatic heterocycles. The molecule has 5 heteroatoms. The van der Waals surface area contributed by atoms with Gasteiger partial charge in [-0.3, -0.25) is 0 Å². The van der Waals surface area contributed by atoms with Crippen LogP contribution in [0.2, 0.25) is 0 Å². The van der Waals surface area contributed by atoms with Crippen molar-refractivity contribution in [2.75, 3.05) is 12.8 Å². The first-order valence-corrected chi connectivity index (χ1v) is 3.94. The van der Waals surface area contributed by atoms with Crippen LogP contribution in [-0.2, 0) is 6.42 Å². The molecule has 0 atom stereocenters. The summed E-state index contributed by atoms with van der Waals surface area (Å²) in [4.78, 5) is 0. The van der Waals surface area contributed by atoms with Crippen molar-refractivity contribution in [3.8, 4) is 5.75 Å². The number of rotatable bonds is 3. The molecule has 0 unspecified atom stereocenters. The van der Waals surface area contributed by atoms with Crippen molar-refractivity contribution < 1.29 is 17.9 Å². The van der Waals surface area contributed by atoms with Gasteiger partial charge < -0.3 is 10.5 Å². The fourth-order valence-electron chi connectivity index (χ4n) is 1.13. The first-order valence-electron chi connectivity index (χ1n) is 3.94. The molecule has 78 valence electrons. The monoisotopic (exact) mass is 205 g/mol. The van der Waals surface area contributed by atoms with E-state index in [1.807, 2.05) is 0 Å². The molecule has 2 N–H and O–H groups in total. The second-order valence-corrected chi connectivity index (χ2v) is 2.78. The molecule has 0 fully saturated rings. The zero-order chi connectivity index (χ0) is 10.7. The number of alkyl halides is 2. The summed E-state index contributed by atoms with van der Waals surface area (Å²) in [5.41, 5.74) is 5.26. The molecular formula is C9H10F3NO. The summed E-state index contributed by atoms with van der Waals surface area (Å²) in [5.74, 6) is -0.523. The molecule has 0 heterocycles. The third-order valence-electron chi connectivity index (χ3n) is 1.77. The predicted molar refractivity (Wildman–Crippen MR) is 47.1 cm³/mol. The normalized spacial score (nSPS) is 10.6. The van der Waals surface area contributed by atoms with Crippen molar-refractivity contribution >= 4 is 5.69 Å². The summed E-state index contributed by atoms with van der Waals surface area (Å²) < 4.78 is 41.8. The molecule has 0 aliphatic carbocycles. The minimum Gasteiger partial charge on any atom is -0.496 e. The van der Waals surface area contributed by atoms with Crippen molar-refractivity contribution in [1.29, 1.82) is 0 Å². The molecule has 1 aromatic carbocycles. The fraction of sp³-hybridized carbons (Fsp3) is 0.333. The fourth-order valence-corrected chi connectivity index (χ4v) is 1.13. The van der Waals surface area contributed by atoms with E-state index in [-0.39, 0.29) is 17.0 Å². The van der Waals surface area contributed by atoms with E-state index in [1.165, 1.54) is 13.2 Å². The average Bonchev–Trinajstić information content (AvgIpc) is 2.10. The van der Waals surface area contributed by atoms with Crippen molar-refractivity contribution in [2.45, 2.75) is 12.8 Å². The van der Waals surface area contributed by atoms with E-state index >= 15 is 0 Å². The highest BCUT2D eigenvalue weighted by Gasteiger charge is 2.12. The van der Waals surface area contributed by atoms with E-state index in [2.05, 4.69) is 0 Å². The van der Waals surface area contributed by atoms with Gasteiger partial charge in [0.2, 0.25) is 6.43 Å². The molecule has 0 aromatic heterocycles. The van der Waals surface area contributed by atoms with Crippen molar-refractivity contribution in [1.82, 2.24) is 0 Å². The molecular weight excluding hydrogens is 195 g/mol. The van der Waals surface area contributed by atoms with Crippen LogP contribution in [0.1, 0.15) is 5.56 Å². The lowest BCUT2D eigenvalue weighted by molar-refractivity contribution is 0.148. The van der Waals surface area contributed by atoms with E-state index in [0.717, 1.165) is 6.07 Å². The highest BCUT2D eigenvalue weighted by molar-refractivity contribution is 5.49. The Morgan fingerprint density at radius 3 is 2.57 bits per heavy atom. The van der Waals surface area contributed by atoms with Gasteiger partial charge in [0.25, 0.3) is 0 Å². The first-order chi connectivity index (χ1) is 6.54. The number of hydrogen-bond acceptors (Lipinski definition) is 2. The SMILES string of the molecule is COc1cc(N)c(F)cc1CC(F)F. The standard InChI is InChI=1S/C9H10F3NO/c1-14-8-4-7(13)6(10)2-5(8)3-9(11)12/h2,4,9H,3,13H2,1H3. The van der Waals surface area contributed by atoms with Crippen LogP contribution in [0.4, 0.5) is 18.9 Å². The Balaban J connectivity index is 3.07. The summed E-state index contributed by atoms with van der Waals surface area (Å²) in [6, 6.07) is 2.17. The number of nitrogens with two attached hydrogens (primary N) is 1. The van der Waals surface area contributed by atoms with Crippen LogP contribution in [-0.4, -0.2) is 13.5 Å². The molecule has 0 spiro atoms. The van der Waals surface area contributed by atoms with Crippen LogP contribution >= 0.6 is 0 Å². The Kier molecular flexibility index (Phi) is 3.22. The summed E-state index contributed by atoms with van der Waals surface area (Å²) in [6.07, 6.45) is -3.08. The maximum absolute atomic E-state index is 12.9. The average molecular weight is 205 g/mol. The van der Waals surface area contributed by atoms with Crippen LogP contribution in [0, 0.1) is 5.82 Å². The molecule has 0 bridgehead atoms. The Labute approximate surface area is 79.5 Å². The summed E-state index contributed by atoms with van der Waals surface area (Å²) in [7, 11) is 1.32. The van der Waals surface area contributed by atoms with Gasteiger partial charge in [-0.25, -0.2) is 13.2 Å². The number of nitrogen functional groups attached to an aromatic ring is 1. The molecule has 2 nitrogen and oxygen atoms in total. The minimum atomic E-state index is -2.54. The van der Waals surface area contributed by atoms with Gasteiger partial charge in [0.15, 0.2) is 0 Å². The molecule has 0 radical (unpaired) electrons. The smallest absolute Gasteiger partial charge is 0.242 e. The lowest BCUT2D eigenvalue weighted by Gasteiger charge is -2.09. The van der Waals surface area contributed by atoms with Gasteiger partial charge in [0, 0.05) is 18.1 Å². The number of ether oxygens (including phenoxy) is 1. The predicted octanol–water partition coefficient (Wildman–Crippen LogP) is 2.22. The van der Waals surface area contributed by atoms with Crippen LogP contribution in [0.5, 0.6) is 5.75 Å². The van der Waals surface area contributed by atoms with Crippen molar-refractivity contribution in [2.24, 2.45) is 0 Å². The molecule has 0 aliphatic rings. The maximum Gasteiger partial charge on any atom is 0.242 e. The third-order valence-corrected chi connectivity index (χ3v) is 1.77. The first kappa shape index (κ1) is 10.7. The van der Waals surface area contributed by atoms with Gasteiger partial charge in [0.1, 0.15) is 11.6 Å². The van der Waals surface area contributed by atoms with Gasteiger partial charge in [-0.15, -0.1) is 0 Å². The molecule has 1 rings (SSSR count). The third kappa shape index (κ3) is 2.31. The van der Waals surface area contributed by atoms with Gasteiger partial charge in [-0.2, -0.15) is 0 Å². The Morgan fingerprint density at radius 1 is 1.43 bits per heavy atom. The van der Waals surface area contributed by atoms with E-state index in [4.69, 9.17) is 10.5 Å². The molecule has 0 saturated heterocycles. The van der Waals surface area contributed by atoms with E-state index < -0.39 is 18.7 Å². The van der Waals surface area contributed by atoms with Crippen molar-refractivity contribution in [3.05, 3.63) is 23.5 Å². The number of anilines is 1. The number of methoxy groups -OCH3 is 1. The molecule has 1 aromatic rings. The van der Waals surface area contributed by atoms with Crippen LogP contribution in [0.15, 0.2) is 12.1 Å². The zero-order valence-corrected chi connectivity index (χ0v) is 7.56. The van der Waals surface area contributed by atoms with Gasteiger partial charge in [-0.05, 0) is 6.07 Å². The molecule has 14 heavy (non-hydrogen) atoms. The Morgan fingerprint density at radius 2 is 2.07 bits per heavy atom. The number of hydrogen-bond donors (Lipinski definition) is 1. The maximum atomic E-state index is 12.9. The minimum absolute atomic E-state index is 0.111. The van der Waals surface area contributed by atoms with E-state index in [9.17, 15) is 13.2 Å².